The molecule has 6 rings (SSSR count). The van der Waals surface area contributed by atoms with E-state index < -0.39 is 11.0 Å². The van der Waals surface area contributed by atoms with Crippen molar-refractivity contribution in [2.45, 2.75) is 93.9 Å². The minimum absolute atomic E-state index is 0.108. The van der Waals surface area contributed by atoms with E-state index in [9.17, 15) is 15.0 Å². The quantitative estimate of drug-likeness (QED) is 0.378. The van der Waals surface area contributed by atoms with Crippen LogP contribution >= 0.6 is 0 Å². The number of esters is 1. The van der Waals surface area contributed by atoms with Crippen molar-refractivity contribution in [3.8, 4) is 11.5 Å². The van der Waals surface area contributed by atoms with E-state index in [1.165, 1.54) is 18.4 Å². The Hall–Kier alpha value is -1.83. The van der Waals surface area contributed by atoms with Crippen LogP contribution in [0.25, 0.3) is 0 Å². The predicted molar refractivity (Wildman–Crippen MR) is 127 cm³/mol. The minimum Gasteiger partial charge on any atom is -0.504 e. The molecule has 1 saturated heterocycles. The van der Waals surface area contributed by atoms with E-state index in [4.69, 9.17) is 9.47 Å². The highest BCUT2D eigenvalue weighted by molar-refractivity contribution is 5.69. The topological polar surface area (TPSA) is 91.3 Å². The van der Waals surface area contributed by atoms with Gasteiger partial charge in [-0.15, -0.1) is 0 Å². The molecule has 2 bridgehead atoms. The molecule has 3 fully saturated rings. The van der Waals surface area contributed by atoms with Crippen LogP contribution < -0.4 is 10.1 Å². The number of phenolic OH excluding ortho intramolecular Hbond substituents is 1. The second-order valence-electron chi connectivity index (χ2n) is 11.2. The number of unbranched alkanes of at least 4 members (excludes halogenated alkanes) is 1. The molecule has 0 amide bonds. The summed E-state index contributed by atoms with van der Waals surface area (Å²) >= 11 is 0. The lowest BCUT2D eigenvalue weighted by Crippen LogP contribution is -2.78. The molecule has 1 aromatic carbocycles. The first kappa shape index (κ1) is 22.6. The van der Waals surface area contributed by atoms with Gasteiger partial charge in [0, 0.05) is 30.6 Å². The Morgan fingerprint density at radius 3 is 2.91 bits per heavy atom. The summed E-state index contributed by atoms with van der Waals surface area (Å²) in [7, 11) is 0. The third-order valence-electron chi connectivity index (χ3n) is 9.28. The van der Waals surface area contributed by atoms with Crippen LogP contribution in [0.1, 0.15) is 69.4 Å². The zero-order valence-corrected chi connectivity index (χ0v) is 20.2. The molecule has 1 aromatic rings. The molecule has 2 aliphatic heterocycles. The van der Waals surface area contributed by atoms with E-state index in [1.54, 1.807) is 6.07 Å². The molecule has 5 aliphatic rings. The lowest BCUT2D eigenvalue weighted by atomic mass is 9.48. The summed E-state index contributed by atoms with van der Waals surface area (Å²) in [6.45, 7) is 5.13. The first-order valence-electron chi connectivity index (χ1n) is 13.4. The van der Waals surface area contributed by atoms with Gasteiger partial charge in [-0.25, -0.2) is 0 Å². The number of benzene rings is 1. The van der Waals surface area contributed by atoms with Crippen molar-refractivity contribution < 1.29 is 24.5 Å². The number of aliphatic hydroxyl groups is 1. The van der Waals surface area contributed by atoms with Crippen LogP contribution in [-0.2, 0) is 21.4 Å². The van der Waals surface area contributed by atoms with E-state index in [0.29, 0.717) is 18.8 Å². The molecule has 7 heteroatoms. The second-order valence-corrected chi connectivity index (χ2v) is 11.2. The Balaban J connectivity index is 1.24. The van der Waals surface area contributed by atoms with Gasteiger partial charge in [0.1, 0.15) is 6.10 Å². The smallest absolute Gasteiger partial charge is 0.305 e. The number of aromatic hydroxyl groups is 1. The number of likely N-dealkylation sites (tertiary alicyclic amines) is 1. The molecule has 0 unspecified atom stereocenters. The summed E-state index contributed by atoms with van der Waals surface area (Å²) in [5, 5.41) is 26.9. The Morgan fingerprint density at radius 1 is 1.26 bits per heavy atom. The highest BCUT2D eigenvalue weighted by Gasteiger charge is 2.72. The fraction of sp³-hybridized carbons (Fsp3) is 0.741. The van der Waals surface area contributed by atoms with Crippen molar-refractivity contribution in [1.29, 1.82) is 0 Å². The van der Waals surface area contributed by atoms with E-state index in [2.05, 4.69) is 16.3 Å². The van der Waals surface area contributed by atoms with Crippen molar-refractivity contribution in [2.75, 3.05) is 26.2 Å². The van der Waals surface area contributed by atoms with Gasteiger partial charge in [-0.1, -0.05) is 6.07 Å². The SMILES string of the molecule is CCOC(=O)CCCCN[C@H]1CC[C@@]2(O)[C@H]3Cc4ccc(O)c5c4[C@@]2(CCN3CC2CC2)[C@H]1O5. The number of nitrogens with one attached hydrogen (secondary N) is 1. The number of phenols is 1. The average Bonchev–Trinajstić information content (AvgIpc) is 3.55. The Morgan fingerprint density at radius 2 is 2.12 bits per heavy atom. The summed E-state index contributed by atoms with van der Waals surface area (Å²) in [4.78, 5) is 14.2. The number of piperidine rings is 1. The molecular formula is C27H38N2O5. The molecule has 0 aromatic heterocycles. The minimum atomic E-state index is -0.834. The molecule has 3 N–H and O–H groups in total. The molecule has 7 nitrogen and oxygen atoms in total. The molecule has 186 valence electrons. The van der Waals surface area contributed by atoms with Crippen LogP contribution in [0.5, 0.6) is 11.5 Å². The highest BCUT2D eigenvalue weighted by Crippen LogP contribution is 2.65. The van der Waals surface area contributed by atoms with Gasteiger partial charge < -0.3 is 25.0 Å². The van der Waals surface area contributed by atoms with Crippen LogP contribution in [0.15, 0.2) is 12.1 Å². The summed E-state index contributed by atoms with van der Waals surface area (Å²) < 4.78 is 11.6. The van der Waals surface area contributed by atoms with Gasteiger partial charge in [-0.3, -0.25) is 9.69 Å². The van der Waals surface area contributed by atoms with Crippen LogP contribution in [-0.4, -0.2) is 71.1 Å². The Kier molecular flexibility index (Phi) is 5.58. The van der Waals surface area contributed by atoms with Crippen molar-refractivity contribution in [2.24, 2.45) is 5.92 Å². The number of hydrogen-bond acceptors (Lipinski definition) is 7. The van der Waals surface area contributed by atoms with E-state index in [-0.39, 0.29) is 29.9 Å². The van der Waals surface area contributed by atoms with E-state index in [1.807, 2.05) is 6.92 Å². The van der Waals surface area contributed by atoms with Crippen LogP contribution in [0.3, 0.4) is 0 Å². The van der Waals surface area contributed by atoms with Gasteiger partial charge in [0.05, 0.1) is 17.6 Å². The number of carbonyl (C=O) groups excluding carboxylic acids is 1. The maximum absolute atomic E-state index is 12.5. The number of nitrogens with zero attached hydrogens (tertiary/aromatic N) is 1. The van der Waals surface area contributed by atoms with Crippen molar-refractivity contribution in [3.05, 3.63) is 23.3 Å². The van der Waals surface area contributed by atoms with Gasteiger partial charge in [0.2, 0.25) is 0 Å². The van der Waals surface area contributed by atoms with Crippen LogP contribution in [0, 0.1) is 5.92 Å². The third kappa shape index (κ3) is 3.30. The maximum atomic E-state index is 12.5. The Labute approximate surface area is 201 Å². The number of hydrogen-bond donors (Lipinski definition) is 3. The second kappa shape index (κ2) is 8.38. The fourth-order valence-corrected chi connectivity index (χ4v) is 7.61. The predicted octanol–water partition coefficient (Wildman–Crippen LogP) is 2.65. The third-order valence-corrected chi connectivity index (χ3v) is 9.28. The van der Waals surface area contributed by atoms with Crippen molar-refractivity contribution >= 4 is 5.97 Å². The first-order valence-corrected chi connectivity index (χ1v) is 13.4. The van der Waals surface area contributed by atoms with Gasteiger partial charge in [0.15, 0.2) is 11.5 Å². The summed E-state index contributed by atoms with van der Waals surface area (Å²) in [5.41, 5.74) is 1.01. The molecule has 2 saturated carbocycles. The van der Waals surface area contributed by atoms with Gasteiger partial charge in [-0.05, 0) is 88.9 Å². The number of ether oxygens (including phenoxy) is 2. The monoisotopic (exact) mass is 470 g/mol. The molecule has 1 spiro atoms. The maximum Gasteiger partial charge on any atom is 0.305 e. The zero-order chi connectivity index (χ0) is 23.5. The summed E-state index contributed by atoms with van der Waals surface area (Å²) in [6.07, 6.45) is 7.85. The molecule has 2 heterocycles. The fourth-order valence-electron chi connectivity index (χ4n) is 7.61. The number of rotatable bonds is 9. The van der Waals surface area contributed by atoms with Gasteiger partial charge in [0.25, 0.3) is 0 Å². The van der Waals surface area contributed by atoms with Crippen molar-refractivity contribution in [3.63, 3.8) is 0 Å². The zero-order valence-electron chi connectivity index (χ0n) is 20.2. The molecule has 5 atom stereocenters. The standard InChI is InChI=1S/C27H38N2O5/c1-2-33-22(31)5-3-4-13-28-19-10-11-27(32)21-15-18-8-9-20(30)24-23(18)26(27,25(19)34-24)12-14-29(21)16-17-6-7-17/h8-9,17,19,21,25,28,30,32H,2-7,10-16H2,1H3/t19-,21+,25-,26-,27+/m0/s1. The average molecular weight is 471 g/mol. The summed E-state index contributed by atoms with van der Waals surface area (Å²) in [5.74, 6) is 1.45. The largest absolute Gasteiger partial charge is 0.504 e. The van der Waals surface area contributed by atoms with E-state index >= 15 is 0 Å². The lowest BCUT2D eigenvalue weighted by molar-refractivity contribution is -0.191. The number of carbonyl (C=O) groups is 1. The lowest BCUT2D eigenvalue weighted by Gasteiger charge is -2.64. The molecule has 3 aliphatic carbocycles. The normalized spacial score (nSPS) is 35.5. The van der Waals surface area contributed by atoms with Gasteiger partial charge >= 0.3 is 5.97 Å². The van der Waals surface area contributed by atoms with Gasteiger partial charge in [-0.2, -0.15) is 0 Å². The van der Waals surface area contributed by atoms with Crippen LogP contribution in [0.2, 0.25) is 0 Å². The summed E-state index contributed by atoms with van der Waals surface area (Å²) in [6, 6.07) is 4.05. The van der Waals surface area contributed by atoms with Crippen molar-refractivity contribution in [1.82, 2.24) is 10.2 Å². The molecule has 34 heavy (non-hydrogen) atoms. The Bertz CT molecular complexity index is 965. The molecular weight excluding hydrogens is 432 g/mol. The van der Waals surface area contributed by atoms with E-state index in [0.717, 1.165) is 69.6 Å². The van der Waals surface area contributed by atoms with Crippen LogP contribution in [0.4, 0.5) is 0 Å². The molecule has 0 radical (unpaired) electrons. The highest BCUT2D eigenvalue weighted by atomic mass is 16.5. The first-order chi connectivity index (χ1) is 16.5.